The molecule has 1 amide bonds. The Kier molecular flexibility index (Phi) is 6.76. The van der Waals surface area contributed by atoms with Crippen molar-refractivity contribution in [3.63, 3.8) is 0 Å². The number of rotatable bonds is 7. The molecule has 0 radical (unpaired) electrons. The van der Waals surface area contributed by atoms with Gasteiger partial charge in [0.15, 0.2) is 0 Å². The van der Waals surface area contributed by atoms with E-state index in [0.29, 0.717) is 12.1 Å². The fourth-order valence-corrected chi connectivity index (χ4v) is 4.02. The maximum atomic E-state index is 12.4. The normalized spacial score (nSPS) is 16.5. The number of aromatic nitrogens is 2. The van der Waals surface area contributed by atoms with Crippen LogP contribution in [0.3, 0.4) is 0 Å². The van der Waals surface area contributed by atoms with Crippen molar-refractivity contribution < 1.29 is 9.53 Å². The quantitative estimate of drug-likeness (QED) is 0.605. The summed E-state index contributed by atoms with van der Waals surface area (Å²) in [7, 11) is 0. The van der Waals surface area contributed by atoms with E-state index in [-0.39, 0.29) is 11.5 Å². The van der Waals surface area contributed by atoms with Crippen LogP contribution in [-0.4, -0.2) is 60.4 Å². The second-order valence-corrected chi connectivity index (χ2v) is 7.83. The zero-order valence-corrected chi connectivity index (χ0v) is 17.2. The Morgan fingerprint density at radius 3 is 2.97 bits per heavy atom. The van der Waals surface area contributed by atoms with Crippen molar-refractivity contribution in [3.05, 3.63) is 40.2 Å². The summed E-state index contributed by atoms with van der Waals surface area (Å²) >= 11 is 0. The molecule has 1 aromatic heterocycles. The molecule has 1 fully saturated rings. The van der Waals surface area contributed by atoms with E-state index in [9.17, 15) is 9.59 Å². The van der Waals surface area contributed by atoms with Crippen molar-refractivity contribution >= 4 is 17.3 Å². The topological polar surface area (TPSA) is 99.3 Å². The molecule has 0 saturated carbocycles. The highest BCUT2D eigenvalue weighted by Crippen LogP contribution is 2.31. The SMILES string of the molecule is O=C(CCCCN1CCOCC1)Nc1cccc(-c2n[nH]c(=O)c3c2NCCC3)c1. The van der Waals surface area contributed by atoms with Crippen LogP contribution in [0.25, 0.3) is 11.3 Å². The van der Waals surface area contributed by atoms with Crippen molar-refractivity contribution in [1.82, 2.24) is 15.1 Å². The molecule has 0 unspecified atom stereocenters. The van der Waals surface area contributed by atoms with Crippen LogP contribution in [0.2, 0.25) is 0 Å². The molecule has 0 bridgehead atoms. The lowest BCUT2D eigenvalue weighted by atomic mass is 10.0. The average Bonchev–Trinajstić information content (AvgIpc) is 2.78. The standard InChI is InChI=1S/C22H29N5O3/c28-19(8-1-2-10-27-11-13-30-14-12-27)24-17-6-3-5-16(15-17)20-21-18(7-4-9-23-21)22(29)26-25-20/h3,5-6,15,23H,1-2,4,7-14H2,(H,24,28)(H,26,29). The van der Waals surface area contributed by atoms with Crippen LogP contribution in [0.4, 0.5) is 11.4 Å². The Labute approximate surface area is 176 Å². The van der Waals surface area contributed by atoms with E-state index >= 15 is 0 Å². The van der Waals surface area contributed by atoms with Crippen molar-refractivity contribution in [3.8, 4) is 11.3 Å². The number of carbonyl (C=O) groups excluding carboxylic acids is 1. The van der Waals surface area contributed by atoms with Crippen LogP contribution in [0.1, 0.15) is 31.2 Å². The van der Waals surface area contributed by atoms with E-state index in [1.807, 2.05) is 24.3 Å². The van der Waals surface area contributed by atoms with E-state index in [0.717, 1.165) is 87.6 Å². The van der Waals surface area contributed by atoms with E-state index in [1.54, 1.807) is 0 Å². The Morgan fingerprint density at radius 2 is 2.10 bits per heavy atom. The smallest absolute Gasteiger partial charge is 0.269 e. The molecular formula is C22H29N5O3. The molecule has 4 rings (SSSR count). The third kappa shape index (κ3) is 5.06. The van der Waals surface area contributed by atoms with Gasteiger partial charge in [0.25, 0.3) is 5.56 Å². The largest absolute Gasteiger partial charge is 0.383 e. The second kappa shape index (κ2) is 9.86. The van der Waals surface area contributed by atoms with Crippen LogP contribution >= 0.6 is 0 Å². The third-order valence-electron chi connectivity index (χ3n) is 5.64. The Morgan fingerprint density at radius 1 is 1.23 bits per heavy atom. The summed E-state index contributed by atoms with van der Waals surface area (Å²) < 4.78 is 5.36. The molecule has 2 aliphatic heterocycles. The maximum absolute atomic E-state index is 12.4. The molecule has 160 valence electrons. The van der Waals surface area contributed by atoms with Crippen LogP contribution in [0.5, 0.6) is 0 Å². The minimum Gasteiger partial charge on any atom is -0.383 e. The summed E-state index contributed by atoms with van der Waals surface area (Å²) in [4.78, 5) is 26.8. The fourth-order valence-electron chi connectivity index (χ4n) is 4.02. The number of anilines is 2. The Hall–Kier alpha value is -2.71. The molecule has 8 nitrogen and oxygen atoms in total. The molecule has 2 aliphatic rings. The molecule has 0 spiro atoms. The van der Waals surface area contributed by atoms with Crippen LogP contribution in [0.15, 0.2) is 29.1 Å². The highest BCUT2D eigenvalue weighted by Gasteiger charge is 2.19. The predicted molar refractivity (Wildman–Crippen MR) is 117 cm³/mol. The molecule has 0 atom stereocenters. The van der Waals surface area contributed by atoms with Crippen molar-refractivity contribution in [2.45, 2.75) is 32.1 Å². The monoisotopic (exact) mass is 411 g/mol. The highest BCUT2D eigenvalue weighted by molar-refractivity contribution is 5.91. The first-order valence-electron chi connectivity index (χ1n) is 10.8. The number of fused-ring (bicyclic) bond motifs is 1. The van der Waals surface area contributed by atoms with E-state index in [4.69, 9.17) is 4.74 Å². The molecule has 1 saturated heterocycles. The number of aromatic amines is 1. The summed E-state index contributed by atoms with van der Waals surface area (Å²) in [5.41, 5.74) is 3.73. The zero-order valence-electron chi connectivity index (χ0n) is 17.2. The lowest BCUT2D eigenvalue weighted by molar-refractivity contribution is -0.116. The van der Waals surface area contributed by atoms with Gasteiger partial charge in [-0.15, -0.1) is 0 Å². The number of unbranched alkanes of at least 4 members (excludes halogenated alkanes) is 1. The van der Waals surface area contributed by atoms with Gasteiger partial charge < -0.3 is 15.4 Å². The summed E-state index contributed by atoms with van der Waals surface area (Å²) in [6.45, 7) is 5.42. The van der Waals surface area contributed by atoms with Crippen molar-refractivity contribution in [2.24, 2.45) is 0 Å². The number of benzene rings is 1. The van der Waals surface area contributed by atoms with E-state index < -0.39 is 0 Å². The summed E-state index contributed by atoms with van der Waals surface area (Å²) in [5.74, 6) is 0.0173. The first-order chi connectivity index (χ1) is 14.7. The summed E-state index contributed by atoms with van der Waals surface area (Å²) in [6, 6.07) is 7.62. The second-order valence-electron chi connectivity index (χ2n) is 7.83. The maximum Gasteiger partial charge on any atom is 0.269 e. The predicted octanol–water partition coefficient (Wildman–Crippen LogP) is 2.24. The van der Waals surface area contributed by atoms with Crippen molar-refractivity contribution in [1.29, 1.82) is 0 Å². The van der Waals surface area contributed by atoms with Gasteiger partial charge in [-0.2, -0.15) is 5.10 Å². The molecule has 8 heteroatoms. The van der Waals surface area contributed by atoms with Gasteiger partial charge in [-0.05, 0) is 44.4 Å². The zero-order chi connectivity index (χ0) is 20.8. The first kappa shape index (κ1) is 20.6. The lowest BCUT2D eigenvalue weighted by Crippen LogP contribution is -2.36. The molecule has 3 N–H and O–H groups in total. The molecule has 0 aliphatic carbocycles. The van der Waals surface area contributed by atoms with E-state index in [1.165, 1.54) is 0 Å². The molecule has 3 heterocycles. The fraction of sp³-hybridized carbons (Fsp3) is 0.500. The Bertz CT molecular complexity index is 937. The van der Waals surface area contributed by atoms with Gasteiger partial charge in [0.1, 0.15) is 5.69 Å². The molecule has 30 heavy (non-hydrogen) atoms. The van der Waals surface area contributed by atoms with Gasteiger partial charge in [-0.25, -0.2) is 5.10 Å². The van der Waals surface area contributed by atoms with Gasteiger partial charge in [-0.3, -0.25) is 14.5 Å². The minimum absolute atomic E-state index is 0.0173. The van der Waals surface area contributed by atoms with Gasteiger partial charge in [0, 0.05) is 42.9 Å². The van der Waals surface area contributed by atoms with Gasteiger partial charge >= 0.3 is 0 Å². The number of ether oxygens (including phenoxy) is 1. The molecular weight excluding hydrogens is 382 g/mol. The number of hydrogen-bond donors (Lipinski definition) is 3. The van der Waals surface area contributed by atoms with Crippen LogP contribution in [-0.2, 0) is 16.0 Å². The van der Waals surface area contributed by atoms with Crippen LogP contribution < -0.4 is 16.2 Å². The number of carbonyl (C=O) groups is 1. The Balaban J connectivity index is 1.35. The third-order valence-corrected chi connectivity index (χ3v) is 5.64. The first-order valence-corrected chi connectivity index (χ1v) is 10.8. The molecule has 2 aromatic rings. The highest BCUT2D eigenvalue weighted by atomic mass is 16.5. The van der Waals surface area contributed by atoms with Crippen molar-refractivity contribution in [2.75, 3.05) is 50.0 Å². The average molecular weight is 412 g/mol. The van der Waals surface area contributed by atoms with Crippen LogP contribution in [0, 0.1) is 0 Å². The molecule has 1 aromatic carbocycles. The number of morpholine rings is 1. The van der Waals surface area contributed by atoms with Gasteiger partial charge in [-0.1, -0.05) is 12.1 Å². The number of H-pyrrole nitrogens is 1. The number of amides is 1. The number of nitrogens with one attached hydrogen (secondary N) is 3. The number of nitrogens with zero attached hydrogens (tertiary/aromatic N) is 2. The number of hydrogen-bond acceptors (Lipinski definition) is 6. The van der Waals surface area contributed by atoms with Gasteiger partial charge in [0.05, 0.1) is 18.9 Å². The van der Waals surface area contributed by atoms with Gasteiger partial charge in [0.2, 0.25) is 5.91 Å². The minimum atomic E-state index is -0.137. The summed E-state index contributed by atoms with van der Waals surface area (Å²) in [6.07, 6.45) is 4.05. The van der Waals surface area contributed by atoms with E-state index in [2.05, 4.69) is 25.7 Å². The summed E-state index contributed by atoms with van der Waals surface area (Å²) in [5, 5.41) is 13.2. The lowest BCUT2D eigenvalue weighted by Gasteiger charge is -2.26.